The second-order valence-corrected chi connectivity index (χ2v) is 4.67. The molecule has 0 aliphatic rings. The van der Waals surface area contributed by atoms with Crippen LogP contribution in [-0.2, 0) is 7.05 Å². The van der Waals surface area contributed by atoms with Gasteiger partial charge in [0.15, 0.2) is 21.4 Å². The van der Waals surface area contributed by atoms with E-state index in [1.54, 1.807) is 10.8 Å². The molecule has 3 rings (SSSR count). The summed E-state index contributed by atoms with van der Waals surface area (Å²) >= 11 is 6.58. The van der Waals surface area contributed by atoms with Gasteiger partial charge in [0.1, 0.15) is 5.69 Å². The number of thiazole rings is 1. The lowest BCUT2D eigenvalue weighted by molar-refractivity contribution is 0.582. The molecule has 0 spiro atoms. The van der Waals surface area contributed by atoms with E-state index < -0.39 is 0 Å². The molecule has 0 aromatic carbocycles. The van der Waals surface area contributed by atoms with Gasteiger partial charge in [-0.3, -0.25) is 5.10 Å². The summed E-state index contributed by atoms with van der Waals surface area (Å²) in [5.41, 5.74) is 0.788. The fourth-order valence-corrected chi connectivity index (χ4v) is 2.36. The fourth-order valence-electron chi connectivity index (χ4n) is 1.47. The fraction of sp³-hybridized carbons (Fsp3) is 0.100. The van der Waals surface area contributed by atoms with E-state index in [-0.39, 0.29) is 0 Å². The third kappa shape index (κ3) is 1.73. The number of hydrogen-bond acceptors (Lipinski definition) is 5. The van der Waals surface area contributed by atoms with Gasteiger partial charge in [-0.1, -0.05) is 0 Å². The van der Waals surface area contributed by atoms with Crippen LogP contribution in [0.2, 0.25) is 0 Å². The maximum Gasteiger partial charge on any atom is 0.195 e. The van der Waals surface area contributed by atoms with Crippen molar-refractivity contribution in [2.24, 2.45) is 7.05 Å². The predicted molar refractivity (Wildman–Crippen MR) is 67.2 cm³/mol. The van der Waals surface area contributed by atoms with Crippen LogP contribution < -0.4 is 0 Å². The zero-order valence-corrected chi connectivity index (χ0v) is 10.5. The van der Waals surface area contributed by atoms with Crippen LogP contribution in [0.3, 0.4) is 0 Å². The van der Waals surface area contributed by atoms with Crippen molar-refractivity contribution >= 4 is 23.6 Å². The molecule has 0 aliphatic carbocycles. The van der Waals surface area contributed by atoms with Crippen LogP contribution in [-0.4, -0.2) is 19.7 Å². The number of aromatic amines is 1. The van der Waals surface area contributed by atoms with Gasteiger partial charge in [0.05, 0.1) is 6.26 Å². The molecule has 17 heavy (non-hydrogen) atoms. The number of hydrogen-bond donors (Lipinski definition) is 1. The molecule has 0 amide bonds. The van der Waals surface area contributed by atoms with Crippen LogP contribution >= 0.6 is 23.6 Å². The molecule has 0 radical (unpaired) electrons. The molecule has 86 valence electrons. The number of rotatable bonds is 2. The first-order valence-corrected chi connectivity index (χ1v) is 6.15. The molecule has 0 saturated heterocycles. The molecule has 5 nitrogen and oxygen atoms in total. The number of nitrogens with one attached hydrogen (secondary N) is 1. The normalized spacial score (nSPS) is 10.9. The maximum atomic E-state index is 5.30. The molecule has 0 fully saturated rings. The van der Waals surface area contributed by atoms with E-state index >= 15 is 0 Å². The molecule has 3 heterocycles. The summed E-state index contributed by atoms with van der Waals surface area (Å²) in [6, 6.07) is 3.72. The zero-order valence-electron chi connectivity index (χ0n) is 8.88. The highest BCUT2D eigenvalue weighted by Gasteiger charge is 2.12. The summed E-state index contributed by atoms with van der Waals surface area (Å²) in [6.45, 7) is 0. The van der Waals surface area contributed by atoms with Gasteiger partial charge in [-0.25, -0.2) is 4.98 Å². The number of nitrogens with zero attached hydrogens (tertiary/aromatic N) is 3. The van der Waals surface area contributed by atoms with Crippen LogP contribution in [0.5, 0.6) is 0 Å². The smallest absolute Gasteiger partial charge is 0.195 e. The van der Waals surface area contributed by atoms with Crippen LogP contribution in [0, 0.1) is 4.77 Å². The van der Waals surface area contributed by atoms with Gasteiger partial charge in [0, 0.05) is 12.4 Å². The van der Waals surface area contributed by atoms with Gasteiger partial charge in [0.25, 0.3) is 0 Å². The molecular weight excluding hydrogens is 256 g/mol. The predicted octanol–water partition coefficient (Wildman–Crippen LogP) is 2.86. The van der Waals surface area contributed by atoms with Crippen molar-refractivity contribution in [1.82, 2.24) is 19.7 Å². The summed E-state index contributed by atoms with van der Waals surface area (Å²) in [7, 11) is 1.85. The Morgan fingerprint density at radius 1 is 1.53 bits per heavy atom. The Kier molecular flexibility index (Phi) is 2.41. The quantitative estimate of drug-likeness (QED) is 0.723. The van der Waals surface area contributed by atoms with Gasteiger partial charge in [-0.15, -0.1) is 11.3 Å². The summed E-state index contributed by atoms with van der Waals surface area (Å²) in [6.07, 6.45) is 1.63. The van der Waals surface area contributed by atoms with Crippen LogP contribution in [0.15, 0.2) is 28.2 Å². The minimum atomic E-state index is 0.576. The standard InChI is InChI=1S/C10H8N4OS2/c1-14-8(12-13-10(14)16)6-5-17-9(11-6)7-3-2-4-15-7/h2-5H,1H3,(H,13,16). The summed E-state index contributed by atoms with van der Waals surface area (Å²) in [5, 5.41) is 9.64. The monoisotopic (exact) mass is 264 g/mol. The second-order valence-electron chi connectivity index (χ2n) is 3.43. The van der Waals surface area contributed by atoms with Gasteiger partial charge < -0.3 is 8.98 Å². The average molecular weight is 264 g/mol. The second kappa shape index (κ2) is 3.94. The molecule has 1 N–H and O–H groups in total. The third-order valence-electron chi connectivity index (χ3n) is 2.35. The largest absolute Gasteiger partial charge is 0.462 e. The molecule has 0 aliphatic heterocycles. The minimum Gasteiger partial charge on any atom is -0.462 e. The van der Waals surface area contributed by atoms with Crippen molar-refractivity contribution in [2.75, 3.05) is 0 Å². The molecule has 3 aromatic heterocycles. The Bertz CT molecular complexity index is 692. The van der Waals surface area contributed by atoms with Crippen molar-refractivity contribution in [3.8, 4) is 22.3 Å². The Morgan fingerprint density at radius 3 is 3.06 bits per heavy atom. The Balaban J connectivity index is 2.06. The number of H-pyrrole nitrogens is 1. The van der Waals surface area contributed by atoms with Crippen molar-refractivity contribution in [1.29, 1.82) is 0 Å². The van der Waals surface area contributed by atoms with Gasteiger partial charge in [-0.05, 0) is 24.4 Å². The van der Waals surface area contributed by atoms with Gasteiger partial charge in [-0.2, -0.15) is 5.10 Å². The van der Waals surface area contributed by atoms with Crippen LogP contribution in [0.25, 0.3) is 22.3 Å². The van der Waals surface area contributed by atoms with Crippen molar-refractivity contribution in [3.63, 3.8) is 0 Å². The molecule has 0 bridgehead atoms. The Morgan fingerprint density at radius 2 is 2.41 bits per heavy atom. The minimum absolute atomic E-state index is 0.576. The van der Waals surface area contributed by atoms with Gasteiger partial charge >= 0.3 is 0 Å². The maximum absolute atomic E-state index is 5.30. The van der Waals surface area contributed by atoms with Crippen molar-refractivity contribution in [2.45, 2.75) is 0 Å². The van der Waals surface area contributed by atoms with E-state index in [9.17, 15) is 0 Å². The highest BCUT2D eigenvalue weighted by atomic mass is 32.1. The van der Waals surface area contributed by atoms with E-state index in [0.717, 1.165) is 22.3 Å². The Hall–Kier alpha value is -1.73. The number of aromatic nitrogens is 4. The molecule has 3 aromatic rings. The first-order valence-electron chi connectivity index (χ1n) is 4.87. The lowest BCUT2D eigenvalue weighted by atomic mass is 10.4. The topological polar surface area (TPSA) is 59.6 Å². The van der Waals surface area contributed by atoms with Crippen molar-refractivity contribution in [3.05, 3.63) is 28.5 Å². The lowest BCUT2D eigenvalue weighted by Gasteiger charge is -1.94. The summed E-state index contributed by atoms with van der Waals surface area (Å²) < 4.78 is 7.66. The van der Waals surface area contributed by atoms with E-state index in [1.165, 1.54) is 11.3 Å². The molecule has 0 unspecified atom stereocenters. The van der Waals surface area contributed by atoms with Crippen LogP contribution in [0.4, 0.5) is 0 Å². The molecule has 7 heteroatoms. The Labute approximate surface area is 106 Å². The first kappa shape index (κ1) is 10.4. The van der Waals surface area contributed by atoms with Gasteiger partial charge in [0.2, 0.25) is 0 Å². The van der Waals surface area contributed by atoms with E-state index in [2.05, 4.69) is 15.2 Å². The summed E-state index contributed by atoms with van der Waals surface area (Å²) in [5.74, 6) is 1.49. The lowest BCUT2D eigenvalue weighted by Crippen LogP contribution is -1.92. The molecule has 0 saturated carbocycles. The third-order valence-corrected chi connectivity index (χ3v) is 3.57. The zero-order chi connectivity index (χ0) is 11.8. The summed E-state index contributed by atoms with van der Waals surface area (Å²) in [4.78, 5) is 4.47. The van der Waals surface area contributed by atoms with E-state index in [1.807, 2.05) is 24.6 Å². The SMILES string of the molecule is Cn1c(-c2csc(-c3ccco3)n2)n[nH]c1=S. The molecule has 0 atom stereocenters. The number of furan rings is 1. The van der Waals surface area contributed by atoms with Crippen molar-refractivity contribution < 1.29 is 4.42 Å². The highest BCUT2D eigenvalue weighted by Crippen LogP contribution is 2.27. The van der Waals surface area contributed by atoms with E-state index in [0.29, 0.717) is 4.77 Å². The highest BCUT2D eigenvalue weighted by molar-refractivity contribution is 7.71. The van der Waals surface area contributed by atoms with E-state index in [4.69, 9.17) is 16.6 Å². The first-order chi connectivity index (χ1) is 8.25. The average Bonchev–Trinajstić information content (AvgIpc) is 3.01. The van der Waals surface area contributed by atoms with Crippen LogP contribution in [0.1, 0.15) is 0 Å². The molecular formula is C10H8N4OS2.